The van der Waals surface area contributed by atoms with E-state index in [0.717, 1.165) is 6.42 Å². The van der Waals surface area contributed by atoms with E-state index >= 15 is 0 Å². The van der Waals surface area contributed by atoms with Crippen molar-refractivity contribution in [1.82, 2.24) is 0 Å². The topological polar surface area (TPSA) is 89.9 Å². The number of ether oxygens (including phenoxy) is 2. The molecule has 0 unspecified atom stereocenters. The minimum absolute atomic E-state index is 0.170. The third-order valence-corrected chi connectivity index (χ3v) is 11.4. The molecule has 0 aromatic carbocycles. The molecule has 2 heterocycles. The van der Waals surface area contributed by atoms with Crippen molar-refractivity contribution < 1.29 is 29.0 Å². The van der Waals surface area contributed by atoms with Gasteiger partial charge in [-0.2, -0.15) is 0 Å². The van der Waals surface area contributed by atoms with Gasteiger partial charge in [-0.3, -0.25) is 9.59 Å². The van der Waals surface area contributed by atoms with Crippen LogP contribution in [-0.4, -0.2) is 40.6 Å². The first-order valence-corrected chi connectivity index (χ1v) is 11.6. The quantitative estimate of drug-likeness (QED) is 0.597. The minimum atomic E-state index is -1.21. The third kappa shape index (κ3) is 1.67. The maximum Gasteiger partial charge on any atom is 0.331 e. The molecule has 8 atom stereocenters. The SMILES string of the molecule is CC1(C)OC(=O)C=C[C@]12CC[C@@]13C[C@@]4(C)C[C@@H]5C(=O)OC[C@]51[C@@](C)(C[C@H]3[C@@]2(C)O)C4=O. The van der Waals surface area contributed by atoms with Gasteiger partial charge in [0.2, 0.25) is 0 Å². The van der Waals surface area contributed by atoms with Crippen LogP contribution >= 0.6 is 0 Å². The molecule has 7 rings (SSSR count). The molecule has 0 aromatic heterocycles. The van der Waals surface area contributed by atoms with Crippen LogP contribution in [-0.2, 0) is 23.9 Å². The fraction of sp³-hybridized carbons (Fsp3) is 0.800. The zero-order valence-electron chi connectivity index (χ0n) is 19.0. The lowest BCUT2D eigenvalue weighted by Crippen LogP contribution is -2.73. The van der Waals surface area contributed by atoms with Crippen LogP contribution in [0.4, 0.5) is 0 Å². The molecule has 5 saturated carbocycles. The van der Waals surface area contributed by atoms with E-state index in [1.54, 1.807) is 0 Å². The number of hydrogen-bond donors (Lipinski definition) is 1. The van der Waals surface area contributed by atoms with Crippen molar-refractivity contribution in [2.45, 2.75) is 77.9 Å². The number of cyclic esters (lactones) is 2. The number of hydrogen-bond acceptors (Lipinski definition) is 6. The smallest absolute Gasteiger partial charge is 0.331 e. The summed E-state index contributed by atoms with van der Waals surface area (Å²) < 4.78 is 11.5. The molecule has 5 aliphatic carbocycles. The van der Waals surface area contributed by atoms with Crippen molar-refractivity contribution in [2.24, 2.45) is 38.9 Å². The second-order valence-corrected chi connectivity index (χ2v) is 12.5. The largest absolute Gasteiger partial charge is 0.465 e. The van der Waals surface area contributed by atoms with Gasteiger partial charge in [-0.05, 0) is 64.2 Å². The number of carbonyl (C=O) groups is 3. The molecule has 7 aliphatic rings. The Labute approximate surface area is 182 Å². The molecule has 0 radical (unpaired) electrons. The van der Waals surface area contributed by atoms with Gasteiger partial charge in [0.25, 0.3) is 0 Å². The monoisotopic (exact) mass is 428 g/mol. The van der Waals surface area contributed by atoms with Crippen molar-refractivity contribution in [3.63, 3.8) is 0 Å². The van der Waals surface area contributed by atoms with Gasteiger partial charge < -0.3 is 14.6 Å². The van der Waals surface area contributed by atoms with Crippen molar-refractivity contribution in [1.29, 1.82) is 0 Å². The predicted molar refractivity (Wildman–Crippen MR) is 109 cm³/mol. The molecule has 4 bridgehead atoms. The van der Waals surface area contributed by atoms with E-state index in [1.807, 2.05) is 40.7 Å². The van der Waals surface area contributed by atoms with Crippen molar-refractivity contribution in [2.75, 3.05) is 6.61 Å². The summed E-state index contributed by atoms with van der Waals surface area (Å²) >= 11 is 0. The van der Waals surface area contributed by atoms with Crippen molar-refractivity contribution in [3.8, 4) is 0 Å². The molecule has 0 aromatic rings. The fourth-order valence-corrected chi connectivity index (χ4v) is 10.3. The van der Waals surface area contributed by atoms with E-state index in [-0.39, 0.29) is 41.6 Å². The summed E-state index contributed by atoms with van der Waals surface area (Å²) in [4.78, 5) is 38.9. The van der Waals surface area contributed by atoms with Crippen LogP contribution in [0, 0.1) is 38.9 Å². The van der Waals surface area contributed by atoms with Crippen LogP contribution < -0.4 is 0 Å². The maximum absolute atomic E-state index is 13.9. The van der Waals surface area contributed by atoms with Gasteiger partial charge in [0.1, 0.15) is 11.4 Å². The van der Waals surface area contributed by atoms with Gasteiger partial charge in [-0.1, -0.05) is 19.9 Å². The number of rotatable bonds is 0. The summed E-state index contributed by atoms with van der Waals surface area (Å²) in [5, 5.41) is 12.4. The van der Waals surface area contributed by atoms with Crippen LogP contribution in [0.2, 0.25) is 0 Å². The molecule has 2 aliphatic heterocycles. The van der Waals surface area contributed by atoms with Gasteiger partial charge in [0.15, 0.2) is 0 Å². The third-order valence-electron chi connectivity index (χ3n) is 11.4. The molecule has 0 amide bonds. The lowest BCUT2D eigenvalue weighted by molar-refractivity contribution is -0.266. The molecular weight excluding hydrogens is 396 g/mol. The summed E-state index contributed by atoms with van der Waals surface area (Å²) in [6, 6.07) is 0. The maximum atomic E-state index is 13.9. The number of aliphatic hydroxyl groups is 1. The highest BCUT2D eigenvalue weighted by atomic mass is 16.6. The van der Waals surface area contributed by atoms with Gasteiger partial charge in [0.05, 0.1) is 23.5 Å². The molecule has 31 heavy (non-hydrogen) atoms. The Balaban J connectivity index is 1.59. The Hall–Kier alpha value is -1.69. The zero-order chi connectivity index (χ0) is 22.5. The minimum Gasteiger partial charge on any atom is -0.465 e. The first kappa shape index (κ1) is 20.0. The van der Waals surface area contributed by atoms with Crippen LogP contribution in [0.1, 0.15) is 66.7 Å². The lowest BCUT2D eigenvalue weighted by atomic mass is 9.32. The Morgan fingerprint density at radius 1 is 1.03 bits per heavy atom. The molecule has 6 nitrogen and oxygen atoms in total. The fourth-order valence-electron chi connectivity index (χ4n) is 10.3. The highest BCUT2D eigenvalue weighted by Crippen LogP contribution is 2.86. The standard InChI is InChI=1S/C25H32O6/c1-19(2)24(7-6-16(26)31-19)9-8-23-12-20(3)10-14-17(27)30-13-25(14,23)21(4,18(20)28)11-15(23)22(24,5)29/h6-7,14-15,29H,8-13H2,1-5H3/t14-,15+,20-,21+,22-,23+,24+,25-/m1/s1. The first-order chi connectivity index (χ1) is 14.2. The number of carbonyl (C=O) groups excluding carboxylic acids is 3. The average Bonchev–Trinajstić information content (AvgIpc) is 3.09. The summed E-state index contributed by atoms with van der Waals surface area (Å²) in [5.41, 5.74) is -5.01. The number of Topliss-reactive ketones (excluding diaryl/α,β-unsaturated/α-hetero) is 1. The Bertz CT molecular complexity index is 994. The van der Waals surface area contributed by atoms with E-state index in [9.17, 15) is 19.5 Å². The van der Waals surface area contributed by atoms with E-state index < -0.39 is 32.9 Å². The Morgan fingerprint density at radius 2 is 1.74 bits per heavy atom. The van der Waals surface area contributed by atoms with Gasteiger partial charge in [-0.25, -0.2) is 4.79 Å². The second-order valence-electron chi connectivity index (χ2n) is 12.5. The highest BCUT2D eigenvalue weighted by molar-refractivity contribution is 5.97. The van der Waals surface area contributed by atoms with Gasteiger partial charge in [0, 0.05) is 22.3 Å². The average molecular weight is 429 g/mol. The summed E-state index contributed by atoms with van der Waals surface area (Å²) in [6.45, 7) is 9.97. The predicted octanol–water partition coefficient (Wildman–Crippen LogP) is 2.96. The van der Waals surface area contributed by atoms with Crippen molar-refractivity contribution in [3.05, 3.63) is 12.2 Å². The molecular formula is C25H32O6. The lowest BCUT2D eigenvalue weighted by Gasteiger charge is -2.70. The highest BCUT2D eigenvalue weighted by Gasteiger charge is 2.89. The van der Waals surface area contributed by atoms with Crippen LogP contribution in [0.15, 0.2) is 12.2 Å². The van der Waals surface area contributed by atoms with E-state index in [2.05, 4.69) is 0 Å². The van der Waals surface area contributed by atoms with Crippen LogP contribution in [0.3, 0.4) is 0 Å². The zero-order valence-corrected chi connectivity index (χ0v) is 19.0. The van der Waals surface area contributed by atoms with E-state index in [4.69, 9.17) is 9.47 Å². The Kier molecular flexibility index (Phi) is 3.19. The summed E-state index contributed by atoms with van der Waals surface area (Å²) in [6.07, 6.45) is 6.53. The first-order valence-electron chi connectivity index (χ1n) is 11.6. The van der Waals surface area contributed by atoms with E-state index in [0.29, 0.717) is 25.7 Å². The molecule has 3 spiro atoms. The molecule has 6 fully saturated rings. The second kappa shape index (κ2) is 4.95. The Morgan fingerprint density at radius 3 is 2.42 bits per heavy atom. The molecule has 1 N–H and O–H groups in total. The molecule has 1 saturated heterocycles. The number of ketones is 1. The normalized spacial score (nSPS) is 58.2. The summed E-state index contributed by atoms with van der Waals surface area (Å²) in [5.74, 6) is -0.793. The van der Waals surface area contributed by atoms with Crippen LogP contribution in [0.5, 0.6) is 0 Å². The van der Waals surface area contributed by atoms with Crippen LogP contribution in [0.25, 0.3) is 0 Å². The van der Waals surface area contributed by atoms with Crippen molar-refractivity contribution >= 4 is 17.7 Å². The molecule has 6 heteroatoms. The van der Waals surface area contributed by atoms with E-state index in [1.165, 1.54) is 6.08 Å². The van der Waals surface area contributed by atoms with Gasteiger partial charge in [-0.15, -0.1) is 0 Å². The van der Waals surface area contributed by atoms with Gasteiger partial charge >= 0.3 is 11.9 Å². The summed E-state index contributed by atoms with van der Waals surface area (Å²) in [7, 11) is 0. The molecule has 168 valence electrons. The number of esters is 2.